The number of nitrogens with zero attached hydrogens (tertiary/aromatic N) is 4. The van der Waals surface area contributed by atoms with Crippen molar-refractivity contribution in [1.29, 1.82) is 0 Å². The van der Waals surface area contributed by atoms with Gasteiger partial charge in [0.15, 0.2) is 0 Å². The van der Waals surface area contributed by atoms with Crippen molar-refractivity contribution >= 4 is 35.9 Å². The zero-order chi connectivity index (χ0) is 15.8. The summed E-state index contributed by atoms with van der Waals surface area (Å²) < 4.78 is 0. The summed E-state index contributed by atoms with van der Waals surface area (Å²) in [5.74, 6) is 0. The topological polar surface area (TPSA) is 173 Å². The van der Waals surface area contributed by atoms with Crippen LogP contribution in [0.3, 0.4) is 0 Å². The van der Waals surface area contributed by atoms with Crippen molar-refractivity contribution in [2.45, 2.75) is 0 Å². The maximum Gasteiger partial charge on any atom is 0.360 e. The molecule has 104 valence electrons. The van der Waals surface area contributed by atoms with Crippen LogP contribution in [0.25, 0.3) is 13.2 Å². The van der Waals surface area contributed by atoms with E-state index in [9.17, 15) is 40.5 Å². The minimum atomic E-state index is -1.29. The summed E-state index contributed by atoms with van der Waals surface area (Å²) in [6.07, 6.45) is 0. The molecule has 0 aromatic heterocycles. The van der Waals surface area contributed by atoms with Gasteiger partial charge >= 0.3 is 22.7 Å². The summed E-state index contributed by atoms with van der Waals surface area (Å²) in [4.78, 5) is 38.1. The van der Waals surface area contributed by atoms with E-state index in [0.717, 1.165) is 0 Å². The fourth-order valence-electron chi connectivity index (χ4n) is 1.58. The molecule has 20 heavy (non-hydrogen) atoms. The Morgan fingerprint density at radius 3 is 0.800 bits per heavy atom. The van der Waals surface area contributed by atoms with Crippen LogP contribution in [0.5, 0.6) is 0 Å². The predicted molar refractivity (Wildman–Crippen MR) is 63.4 cm³/mol. The lowest BCUT2D eigenvalue weighted by molar-refractivity contribution is -0.436. The maximum absolute atomic E-state index is 10.8. The first kappa shape index (κ1) is 14.6. The monoisotopic (exact) mass is 284 g/mol. The van der Waals surface area contributed by atoms with E-state index in [1.54, 1.807) is 0 Å². The third-order valence-electron chi connectivity index (χ3n) is 2.32. The molecule has 0 radical (unpaired) electrons. The highest BCUT2D eigenvalue weighted by Gasteiger charge is 2.40. The van der Waals surface area contributed by atoms with Gasteiger partial charge in [-0.15, -0.1) is 0 Å². The van der Waals surface area contributed by atoms with E-state index in [4.69, 9.17) is 0 Å². The van der Waals surface area contributed by atoms with Crippen molar-refractivity contribution in [3.63, 3.8) is 0 Å². The Bertz CT molecular complexity index is 646. The molecule has 0 fully saturated rings. The molecule has 0 atom stereocenters. The number of hydrogen-bond donors (Lipinski definition) is 0. The highest BCUT2D eigenvalue weighted by molar-refractivity contribution is 5.70. The standard InChI is InChI=1S/C8H4N4O8/c1-3-5(9(13)14)7(11(17)18)4(2)8(12(19)20)6(3)10(15)16/h1-2H2. The molecule has 1 aromatic rings. The number of rotatable bonds is 4. The molecule has 0 N–H and O–H groups in total. The molecule has 0 aliphatic heterocycles. The minimum absolute atomic E-state index is 1.02. The van der Waals surface area contributed by atoms with Crippen LogP contribution in [0, 0.1) is 40.5 Å². The van der Waals surface area contributed by atoms with Crippen molar-refractivity contribution in [1.82, 2.24) is 0 Å². The number of benzene rings is 1. The third kappa shape index (κ3) is 2.00. The van der Waals surface area contributed by atoms with E-state index in [1.165, 1.54) is 0 Å². The first-order valence-corrected chi connectivity index (χ1v) is 4.56. The lowest BCUT2D eigenvalue weighted by Crippen LogP contribution is -2.24. The fourth-order valence-corrected chi connectivity index (χ4v) is 1.58. The molecule has 0 heterocycles. The van der Waals surface area contributed by atoms with Gasteiger partial charge in [0.05, 0.1) is 19.7 Å². The van der Waals surface area contributed by atoms with Crippen LogP contribution in [0.2, 0.25) is 0 Å². The van der Waals surface area contributed by atoms with Crippen molar-refractivity contribution in [3.8, 4) is 0 Å². The molecule has 0 unspecified atom stereocenters. The largest absolute Gasteiger partial charge is 0.360 e. The van der Waals surface area contributed by atoms with Crippen molar-refractivity contribution in [3.05, 3.63) is 50.9 Å². The highest BCUT2D eigenvalue weighted by atomic mass is 16.6. The zero-order valence-electron chi connectivity index (χ0n) is 9.47. The second-order valence-corrected chi connectivity index (χ2v) is 3.38. The van der Waals surface area contributed by atoms with Gasteiger partial charge in [-0.3, -0.25) is 40.5 Å². The Morgan fingerprint density at radius 1 is 0.550 bits per heavy atom. The van der Waals surface area contributed by atoms with Crippen LogP contribution in [0.4, 0.5) is 22.7 Å². The van der Waals surface area contributed by atoms with Crippen LogP contribution >= 0.6 is 0 Å². The SMILES string of the molecule is C=c1c([N+](=O)[O-])c([N+](=O)[O-])c(=C)c([N+](=O)[O-])c1[N+](=O)[O-]. The van der Waals surface area contributed by atoms with Gasteiger partial charge in [0, 0.05) is 0 Å². The van der Waals surface area contributed by atoms with Gasteiger partial charge in [0.1, 0.15) is 10.4 Å². The molecule has 12 heteroatoms. The van der Waals surface area contributed by atoms with Crippen LogP contribution in [0.15, 0.2) is 0 Å². The van der Waals surface area contributed by atoms with Crippen LogP contribution in [0.1, 0.15) is 0 Å². The van der Waals surface area contributed by atoms with Crippen LogP contribution < -0.4 is 10.4 Å². The van der Waals surface area contributed by atoms with Crippen molar-refractivity contribution in [2.75, 3.05) is 0 Å². The summed E-state index contributed by atoms with van der Waals surface area (Å²) in [5.41, 5.74) is -5.18. The molecule has 0 saturated carbocycles. The van der Waals surface area contributed by atoms with Gasteiger partial charge in [-0.25, -0.2) is 0 Å². The van der Waals surface area contributed by atoms with E-state index in [2.05, 4.69) is 13.2 Å². The number of nitro benzene ring substituents is 4. The molecule has 0 spiro atoms. The van der Waals surface area contributed by atoms with E-state index in [-0.39, 0.29) is 0 Å². The molecular weight excluding hydrogens is 280 g/mol. The lowest BCUT2D eigenvalue weighted by Gasteiger charge is -2.00. The van der Waals surface area contributed by atoms with Crippen LogP contribution in [-0.2, 0) is 0 Å². The van der Waals surface area contributed by atoms with Gasteiger partial charge in [0.2, 0.25) is 0 Å². The van der Waals surface area contributed by atoms with Gasteiger partial charge < -0.3 is 0 Å². The van der Waals surface area contributed by atoms with Gasteiger partial charge in [-0.2, -0.15) is 0 Å². The molecule has 0 amide bonds. The zero-order valence-corrected chi connectivity index (χ0v) is 9.47. The molecule has 0 bridgehead atoms. The molecule has 12 nitrogen and oxygen atoms in total. The van der Waals surface area contributed by atoms with E-state index >= 15 is 0 Å². The first-order chi connectivity index (χ1) is 9.11. The van der Waals surface area contributed by atoms with Crippen molar-refractivity contribution < 1.29 is 19.7 Å². The molecular formula is C8H4N4O8. The average Bonchev–Trinajstić information content (AvgIpc) is 2.28. The predicted octanol–water partition coefficient (Wildman–Crippen LogP) is 0.140. The molecule has 0 aliphatic carbocycles. The summed E-state index contributed by atoms with van der Waals surface area (Å²) in [6.45, 7) is 5.94. The Balaban J connectivity index is 4.23. The summed E-state index contributed by atoms with van der Waals surface area (Å²) >= 11 is 0. The molecule has 1 aromatic carbocycles. The summed E-state index contributed by atoms with van der Waals surface area (Å²) in [6, 6.07) is 0. The number of hydrogen-bond acceptors (Lipinski definition) is 8. The minimum Gasteiger partial charge on any atom is -0.258 e. The maximum atomic E-state index is 10.8. The third-order valence-corrected chi connectivity index (χ3v) is 2.32. The molecule has 0 saturated heterocycles. The van der Waals surface area contributed by atoms with Gasteiger partial charge in [-0.05, 0) is 0 Å². The molecule has 0 aliphatic rings. The van der Waals surface area contributed by atoms with E-state index in [1.807, 2.05) is 0 Å². The highest BCUT2D eigenvalue weighted by Crippen LogP contribution is 2.28. The quantitative estimate of drug-likeness (QED) is 0.554. The van der Waals surface area contributed by atoms with Gasteiger partial charge in [-0.1, -0.05) is 13.2 Å². The molecule has 1 rings (SSSR count). The fraction of sp³-hybridized carbons (Fsp3) is 0. The second kappa shape index (κ2) is 4.68. The Morgan fingerprint density at radius 2 is 0.700 bits per heavy atom. The smallest absolute Gasteiger partial charge is 0.258 e. The normalized spacial score (nSPS) is 10.0. The van der Waals surface area contributed by atoms with Crippen LogP contribution in [-0.4, -0.2) is 19.7 Å². The lowest BCUT2D eigenvalue weighted by atomic mass is 10.1. The summed E-state index contributed by atoms with van der Waals surface area (Å²) in [7, 11) is 0. The van der Waals surface area contributed by atoms with Gasteiger partial charge in [0.25, 0.3) is 0 Å². The first-order valence-electron chi connectivity index (χ1n) is 4.56. The Hall–Kier alpha value is -3.44. The van der Waals surface area contributed by atoms with Crippen molar-refractivity contribution in [2.24, 2.45) is 0 Å². The van der Waals surface area contributed by atoms with E-state index < -0.39 is 52.9 Å². The second-order valence-electron chi connectivity index (χ2n) is 3.38. The Kier molecular flexibility index (Phi) is 3.42. The average molecular weight is 284 g/mol. The number of nitro groups is 4. The summed E-state index contributed by atoms with van der Waals surface area (Å²) in [5, 5.41) is 41.1. The van der Waals surface area contributed by atoms with E-state index in [0.29, 0.717) is 0 Å². The Labute approximate surface area is 107 Å².